The van der Waals surface area contributed by atoms with E-state index in [0.717, 1.165) is 19.4 Å². The van der Waals surface area contributed by atoms with E-state index in [4.69, 9.17) is 4.74 Å². The minimum atomic E-state index is 0.0145. The molecule has 1 aromatic carbocycles. The summed E-state index contributed by atoms with van der Waals surface area (Å²) in [6.07, 6.45) is 2.16. The van der Waals surface area contributed by atoms with Crippen molar-refractivity contribution in [1.29, 1.82) is 0 Å². The van der Waals surface area contributed by atoms with Gasteiger partial charge in [-0.2, -0.15) is 0 Å². The van der Waals surface area contributed by atoms with Crippen LogP contribution in [0.1, 0.15) is 32.3 Å². The van der Waals surface area contributed by atoms with Gasteiger partial charge in [-0.05, 0) is 45.7 Å². The summed E-state index contributed by atoms with van der Waals surface area (Å²) in [6, 6.07) is 9.13. The van der Waals surface area contributed by atoms with Crippen molar-refractivity contribution in [1.82, 2.24) is 0 Å². The lowest BCUT2D eigenvalue weighted by Crippen LogP contribution is -2.40. The Balaban J connectivity index is 1.97. The smallest absolute Gasteiger partial charge is 0.0646 e. The maximum atomic E-state index is 5.71. The second-order valence-corrected chi connectivity index (χ2v) is 5.31. The SMILES string of the molecule is Cc1ccc(NC2CCOC(C)(C)C2)cc1. The predicted molar refractivity (Wildman–Crippen MR) is 67.9 cm³/mol. The Bertz CT molecular complexity index is 342. The monoisotopic (exact) mass is 219 g/mol. The van der Waals surface area contributed by atoms with Crippen LogP contribution in [0, 0.1) is 6.92 Å². The molecule has 1 atom stereocenters. The van der Waals surface area contributed by atoms with Gasteiger partial charge in [0.1, 0.15) is 0 Å². The number of benzene rings is 1. The summed E-state index contributed by atoms with van der Waals surface area (Å²) in [5, 5.41) is 3.58. The molecule has 1 N–H and O–H groups in total. The Morgan fingerprint density at radius 1 is 1.25 bits per heavy atom. The molecule has 16 heavy (non-hydrogen) atoms. The van der Waals surface area contributed by atoms with E-state index >= 15 is 0 Å². The summed E-state index contributed by atoms with van der Waals surface area (Å²) in [6.45, 7) is 7.30. The van der Waals surface area contributed by atoms with Gasteiger partial charge in [0.05, 0.1) is 5.60 Å². The third-order valence-corrected chi connectivity index (χ3v) is 3.12. The number of aryl methyl sites for hydroxylation is 1. The molecule has 0 radical (unpaired) electrons. The molecule has 0 spiro atoms. The van der Waals surface area contributed by atoms with Gasteiger partial charge < -0.3 is 10.1 Å². The van der Waals surface area contributed by atoms with Crippen molar-refractivity contribution < 1.29 is 4.74 Å². The van der Waals surface area contributed by atoms with Crippen LogP contribution < -0.4 is 5.32 Å². The third-order valence-electron chi connectivity index (χ3n) is 3.12. The summed E-state index contributed by atoms with van der Waals surface area (Å²) in [5.41, 5.74) is 2.53. The highest BCUT2D eigenvalue weighted by Crippen LogP contribution is 2.26. The van der Waals surface area contributed by atoms with Crippen LogP contribution in [0.3, 0.4) is 0 Å². The first-order valence-electron chi connectivity index (χ1n) is 6.02. The predicted octanol–water partition coefficient (Wildman–Crippen LogP) is 3.36. The third kappa shape index (κ3) is 2.99. The molecular formula is C14H21NO. The average Bonchev–Trinajstić information content (AvgIpc) is 2.20. The Kier molecular flexibility index (Phi) is 3.20. The van der Waals surface area contributed by atoms with Gasteiger partial charge in [-0.25, -0.2) is 0 Å². The van der Waals surface area contributed by atoms with Crippen molar-refractivity contribution in [3.63, 3.8) is 0 Å². The Labute approximate surface area is 98.0 Å². The maximum Gasteiger partial charge on any atom is 0.0646 e. The summed E-state index contributed by atoms with van der Waals surface area (Å²) in [5.74, 6) is 0. The van der Waals surface area contributed by atoms with Crippen LogP contribution in [0.2, 0.25) is 0 Å². The Morgan fingerprint density at radius 2 is 1.94 bits per heavy atom. The summed E-state index contributed by atoms with van der Waals surface area (Å²) >= 11 is 0. The van der Waals surface area contributed by atoms with Gasteiger partial charge in [-0.1, -0.05) is 17.7 Å². The molecular weight excluding hydrogens is 198 g/mol. The first-order chi connectivity index (χ1) is 7.55. The molecule has 0 aliphatic carbocycles. The van der Waals surface area contributed by atoms with Crippen LogP contribution in [0.5, 0.6) is 0 Å². The van der Waals surface area contributed by atoms with E-state index in [0.29, 0.717) is 6.04 Å². The minimum absolute atomic E-state index is 0.0145. The van der Waals surface area contributed by atoms with E-state index < -0.39 is 0 Å². The molecule has 1 unspecified atom stereocenters. The topological polar surface area (TPSA) is 21.3 Å². The molecule has 2 heteroatoms. The van der Waals surface area contributed by atoms with Gasteiger partial charge in [0.2, 0.25) is 0 Å². The number of hydrogen-bond acceptors (Lipinski definition) is 2. The lowest BCUT2D eigenvalue weighted by atomic mass is 9.94. The largest absolute Gasteiger partial charge is 0.382 e. The molecule has 88 valence electrons. The standard InChI is InChI=1S/C14H21NO/c1-11-4-6-12(7-5-11)15-13-8-9-16-14(2,3)10-13/h4-7,13,15H,8-10H2,1-3H3. The zero-order valence-electron chi connectivity index (χ0n) is 10.4. The highest BCUT2D eigenvalue weighted by atomic mass is 16.5. The molecule has 2 nitrogen and oxygen atoms in total. The molecule has 1 aliphatic rings. The van der Waals surface area contributed by atoms with E-state index in [1.807, 2.05) is 0 Å². The number of ether oxygens (including phenoxy) is 1. The van der Waals surface area contributed by atoms with E-state index in [9.17, 15) is 0 Å². The number of anilines is 1. The van der Waals surface area contributed by atoms with Crippen LogP contribution in [0.15, 0.2) is 24.3 Å². The molecule has 1 aromatic rings. The van der Waals surface area contributed by atoms with E-state index in [-0.39, 0.29) is 5.60 Å². The fraction of sp³-hybridized carbons (Fsp3) is 0.571. The van der Waals surface area contributed by atoms with E-state index in [1.165, 1.54) is 11.3 Å². The van der Waals surface area contributed by atoms with Crippen molar-refractivity contribution in [3.8, 4) is 0 Å². The average molecular weight is 219 g/mol. The van der Waals surface area contributed by atoms with Crippen molar-refractivity contribution in [2.75, 3.05) is 11.9 Å². The molecule has 1 heterocycles. The van der Waals surface area contributed by atoms with Crippen molar-refractivity contribution in [2.24, 2.45) is 0 Å². The van der Waals surface area contributed by atoms with Crippen molar-refractivity contribution in [2.45, 2.75) is 45.3 Å². The first kappa shape index (κ1) is 11.5. The van der Waals surface area contributed by atoms with Crippen LogP contribution >= 0.6 is 0 Å². The molecule has 0 aromatic heterocycles. The molecule has 1 saturated heterocycles. The normalized spacial score (nSPS) is 24.1. The highest BCUT2D eigenvalue weighted by molar-refractivity contribution is 5.45. The number of hydrogen-bond donors (Lipinski definition) is 1. The van der Waals surface area contributed by atoms with Crippen molar-refractivity contribution in [3.05, 3.63) is 29.8 Å². The lowest BCUT2D eigenvalue weighted by molar-refractivity contribution is -0.0553. The fourth-order valence-electron chi connectivity index (χ4n) is 2.24. The van der Waals surface area contributed by atoms with Crippen LogP contribution in [-0.4, -0.2) is 18.2 Å². The number of rotatable bonds is 2. The van der Waals surface area contributed by atoms with Crippen LogP contribution in [-0.2, 0) is 4.74 Å². The van der Waals surface area contributed by atoms with Gasteiger partial charge >= 0.3 is 0 Å². The Morgan fingerprint density at radius 3 is 2.56 bits per heavy atom. The summed E-state index contributed by atoms with van der Waals surface area (Å²) in [7, 11) is 0. The summed E-state index contributed by atoms with van der Waals surface area (Å²) < 4.78 is 5.71. The molecule has 1 aliphatic heterocycles. The van der Waals surface area contributed by atoms with Crippen molar-refractivity contribution >= 4 is 5.69 Å². The molecule has 2 rings (SSSR count). The van der Waals surface area contributed by atoms with Crippen LogP contribution in [0.4, 0.5) is 5.69 Å². The Hall–Kier alpha value is -1.02. The first-order valence-corrected chi connectivity index (χ1v) is 6.02. The lowest BCUT2D eigenvalue weighted by Gasteiger charge is -2.36. The quantitative estimate of drug-likeness (QED) is 0.823. The minimum Gasteiger partial charge on any atom is -0.382 e. The number of nitrogens with one attached hydrogen (secondary N) is 1. The van der Waals surface area contributed by atoms with E-state index in [1.54, 1.807) is 0 Å². The van der Waals surface area contributed by atoms with Gasteiger partial charge in [0, 0.05) is 18.3 Å². The van der Waals surface area contributed by atoms with Crippen LogP contribution in [0.25, 0.3) is 0 Å². The molecule has 0 amide bonds. The summed E-state index contributed by atoms with van der Waals surface area (Å²) in [4.78, 5) is 0. The highest BCUT2D eigenvalue weighted by Gasteiger charge is 2.28. The molecule has 0 saturated carbocycles. The van der Waals surface area contributed by atoms with E-state index in [2.05, 4.69) is 50.4 Å². The van der Waals surface area contributed by atoms with Gasteiger partial charge in [0.15, 0.2) is 0 Å². The van der Waals surface area contributed by atoms with Gasteiger partial charge in [-0.15, -0.1) is 0 Å². The second-order valence-electron chi connectivity index (χ2n) is 5.31. The fourth-order valence-corrected chi connectivity index (χ4v) is 2.24. The molecule has 0 bridgehead atoms. The maximum absolute atomic E-state index is 5.71. The zero-order valence-corrected chi connectivity index (χ0v) is 10.4. The molecule has 1 fully saturated rings. The van der Waals surface area contributed by atoms with Gasteiger partial charge in [0.25, 0.3) is 0 Å². The second kappa shape index (κ2) is 4.46. The van der Waals surface area contributed by atoms with Gasteiger partial charge in [-0.3, -0.25) is 0 Å². The zero-order chi connectivity index (χ0) is 11.6.